The number of amides is 1. The first-order chi connectivity index (χ1) is 8.18. The van der Waals surface area contributed by atoms with Crippen LogP contribution < -0.4 is 5.32 Å². The highest BCUT2D eigenvalue weighted by molar-refractivity contribution is 6.29. The number of hydrogen-bond donors (Lipinski definition) is 1. The molecule has 0 saturated heterocycles. The van der Waals surface area contributed by atoms with E-state index in [1.165, 1.54) is 0 Å². The molecule has 1 aromatic heterocycles. The van der Waals surface area contributed by atoms with Crippen molar-refractivity contribution in [1.29, 1.82) is 0 Å². The summed E-state index contributed by atoms with van der Waals surface area (Å²) in [6, 6.07) is 9.37. The van der Waals surface area contributed by atoms with Crippen molar-refractivity contribution < 1.29 is 9.18 Å². The summed E-state index contributed by atoms with van der Waals surface area (Å²) in [4.78, 5) is 15.2. The number of pyridine rings is 1. The highest BCUT2D eigenvalue weighted by Crippen LogP contribution is 2.15. The van der Waals surface area contributed by atoms with Gasteiger partial charge in [-0.3, -0.25) is 9.78 Å². The van der Waals surface area contributed by atoms with Gasteiger partial charge >= 0.3 is 0 Å². The van der Waals surface area contributed by atoms with Crippen LogP contribution in [0.4, 0.5) is 4.39 Å². The van der Waals surface area contributed by atoms with Gasteiger partial charge in [0, 0.05) is 18.1 Å². The molecule has 2 aromatic rings. The lowest BCUT2D eigenvalue weighted by Gasteiger charge is -2.07. The summed E-state index contributed by atoms with van der Waals surface area (Å²) < 4.78 is 12.4. The van der Waals surface area contributed by atoms with E-state index in [0.717, 1.165) is 16.5 Å². The maximum Gasteiger partial charge on any atom is 0.270 e. The van der Waals surface area contributed by atoms with Gasteiger partial charge in [0.15, 0.2) is 0 Å². The first-order valence-corrected chi connectivity index (χ1v) is 5.50. The van der Waals surface area contributed by atoms with Crippen molar-refractivity contribution in [1.82, 2.24) is 10.3 Å². The van der Waals surface area contributed by atoms with E-state index in [4.69, 9.17) is 11.6 Å². The summed E-state index contributed by atoms with van der Waals surface area (Å²) in [5.41, 5.74) is -0.396. The molecule has 0 aliphatic rings. The molecule has 1 heterocycles. The number of nitrogens with zero attached hydrogens (tertiary/aromatic N) is 1. The molecule has 1 unspecified atom stereocenters. The number of rotatable bonds is 3. The van der Waals surface area contributed by atoms with E-state index in [1.807, 2.05) is 30.3 Å². The van der Waals surface area contributed by atoms with Gasteiger partial charge in [-0.05, 0) is 11.6 Å². The molecule has 0 saturated carbocycles. The smallest absolute Gasteiger partial charge is 0.270 e. The lowest BCUT2D eigenvalue weighted by molar-refractivity contribution is -0.123. The van der Waals surface area contributed by atoms with E-state index in [9.17, 15) is 9.18 Å². The summed E-state index contributed by atoms with van der Waals surface area (Å²) in [6.07, 6.45) is 1.67. The minimum atomic E-state index is -2.02. The molecule has 1 amide bonds. The van der Waals surface area contributed by atoms with E-state index in [0.29, 0.717) is 0 Å². The van der Waals surface area contributed by atoms with Gasteiger partial charge in [-0.15, -0.1) is 0 Å². The van der Waals surface area contributed by atoms with E-state index < -0.39 is 11.5 Å². The Hall–Kier alpha value is -1.68. The third-order valence-electron chi connectivity index (χ3n) is 2.37. The molecule has 1 N–H and O–H groups in total. The van der Waals surface area contributed by atoms with Crippen molar-refractivity contribution in [3.05, 3.63) is 42.1 Å². The summed E-state index contributed by atoms with van der Waals surface area (Å²) in [5, 5.41) is 3.38. The molecule has 17 heavy (non-hydrogen) atoms. The van der Waals surface area contributed by atoms with Gasteiger partial charge in [-0.25, -0.2) is 4.39 Å². The number of halogens is 2. The molecule has 2 rings (SSSR count). The van der Waals surface area contributed by atoms with Crippen LogP contribution in [0.3, 0.4) is 0 Å². The number of fused-ring (bicyclic) bond motifs is 1. The second kappa shape index (κ2) is 5.10. The Morgan fingerprint density at radius 3 is 2.94 bits per heavy atom. The van der Waals surface area contributed by atoms with Crippen molar-refractivity contribution in [2.45, 2.75) is 12.2 Å². The monoisotopic (exact) mass is 252 g/mol. The van der Waals surface area contributed by atoms with Crippen LogP contribution in [0.25, 0.3) is 10.9 Å². The van der Waals surface area contributed by atoms with Crippen LogP contribution in [0.1, 0.15) is 5.56 Å². The molecule has 0 fully saturated rings. The fraction of sp³-hybridized carbons (Fsp3) is 0.167. The molecule has 0 bridgehead atoms. The minimum Gasteiger partial charge on any atom is -0.348 e. The quantitative estimate of drug-likeness (QED) is 0.853. The van der Waals surface area contributed by atoms with Gasteiger partial charge in [0.2, 0.25) is 0 Å². The first-order valence-electron chi connectivity index (χ1n) is 5.07. The first kappa shape index (κ1) is 11.8. The molecule has 3 nitrogen and oxygen atoms in total. The number of aromatic nitrogens is 1. The maximum atomic E-state index is 12.4. The van der Waals surface area contributed by atoms with E-state index in [2.05, 4.69) is 10.3 Å². The van der Waals surface area contributed by atoms with Gasteiger partial charge in [0.1, 0.15) is 0 Å². The zero-order valence-electron chi connectivity index (χ0n) is 8.86. The molecule has 1 aromatic carbocycles. The molecule has 5 heteroatoms. The zero-order valence-corrected chi connectivity index (χ0v) is 9.62. The number of hydrogen-bond acceptors (Lipinski definition) is 2. The summed E-state index contributed by atoms with van der Waals surface area (Å²) in [7, 11) is 0. The Labute approximate surface area is 103 Å². The molecule has 88 valence electrons. The highest BCUT2D eigenvalue weighted by atomic mass is 35.5. The third-order valence-corrected chi connectivity index (χ3v) is 2.57. The number of alkyl halides is 2. The third kappa shape index (κ3) is 2.71. The number of nitrogens with one attached hydrogen (secondary N) is 1. The number of carbonyl (C=O) groups is 1. The summed E-state index contributed by atoms with van der Waals surface area (Å²) in [6.45, 7) is 0.209. The van der Waals surface area contributed by atoms with Crippen LogP contribution in [-0.4, -0.2) is 16.5 Å². The van der Waals surface area contributed by atoms with Crippen LogP contribution in [0, 0.1) is 0 Å². The van der Waals surface area contributed by atoms with Gasteiger partial charge in [-0.1, -0.05) is 35.9 Å². The number of benzene rings is 1. The predicted molar refractivity (Wildman–Crippen MR) is 64.3 cm³/mol. The van der Waals surface area contributed by atoms with Crippen molar-refractivity contribution in [2.75, 3.05) is 0 Å². The normalized spacial score (nSPS) is 12.4. The topological polar surface area (TPSA) is 42.0 Å². The fourth-order valence-electron chi connectivity index (χ4n) is 1.57. The number of carbonyl (C=O) groups excluding carboxylic acids is 1. The SMILES string of the molecule is O=C(NCc1cccc2cccnc12)C(F)Cl. The Morgan fingerprint density at radius 1 is 1.41 bits per heavy atom. The molecule has 0 spiro atoms. The molecule has 0 aliphatic carbocycles. The second-order valence-electron chi connectivity index (χ2n) is 3.51. The molecule has 0 radical (unpaired) electrons. The van der Waals surface area contributed by atoms with Gasteiger partial charge in [0.25, 0.3) is 11.5 Å². The van der Waals surface area contributed by atoms with Crippen molar-refractivity contribution >= 4 is 28.4 Å². The average molecular weight is 253 g/mol. The molecular formula is C12H10ClFN2O. The maximum absolute atomic E-state index is 12.4. The van der Waals surface area contributed by atoms with Crippen LogP contribution >= 0.6 is 11.6 Å². The molecule has 1 atom stereocenters. The zero-order chi connectivity index (χ0) is 12.3. The Morgan fingerprint density at radius 2 is 2.18 bits per heavy atom. The van der Waals surface area contributed by atoms with Crippen LogP contribution in [0.2, 0.25) is 0 Å². The lowest BCUT2D eigenvalue weighted by Crippen LogP contribution is -2.28. The second-order valence-corrected chi connectivity index (χ2v) is 3.89. The van der Waals surface area contributed by atoms with Crippen molar-refractivity contribution in [2.24, 2.45) is 0 Å². The van der Waals surface area contributed by atoms with Gasteiger partial charge < -0.3 is 5.32 Å². The molecular weight excluding hydrogens is 243 g/mol. The van der Waals surface area contributed by atoms with Crippen molar-refractivity contribution in [3.8, 4) is 0 Å². The van der Waals surface area contributed by atoms with Crippen LogP contribution in [0.15, 0.2) is 36.5 Å². The summed E-state index contributed by atoms with van der Waals surface area (Å²) in [5.74, 6) is -0.834. The average Bonchev–Trinajstić information content (AvgIpc) is 2.35. The Kier molecular flexibility index (Phi) is 3.54. The molecule has 0 aliphatic heterocycles. The lowest BCUT2D eigenvalue weighted by atomic mass is 10.1. The summed E-state index contributed by atoms with van der Waals surface area (Å²) >= 11 is 5.02. The minimum absolute atomic E-state index is 0.209. The van der Waals surface area contributed by atoms with E-state index in [1.54, 1.807) is 6.20 Å². The van der Waals surface area contributed by atoms with Crippen LogP contribution in [-0.2, 0) is 11.3 Å². The van der Waals surface area contributed by atoms with Gasteiger partial charge in [0.05, 0.1) is 5.52 Å². The fourth-order valence-corrected chi connectivity index (χ4v) is 1.65. The number of para-hydroxylation sites is 1. The highest BCUT2D eigenvalue weighted by Gasteiger charge is 2.12. The van der Waals surface area contributed by atoms with Crippen LogP contribution in [0.5, 0.6) is 0 Å². The van der Waals surface area contributed by atoms with Crippen molar-refractivity contribution in [3.63, 3.8) is 0 Å². The Balaban J connectivity index is 2.21. The van der Waals surface area contributed by atoms with E-state index in [-0.39, 0.29) is 6.54 Å². The van der Waals surface area contributed by atoms with Gasteiger partial charge in [-0.2, -0.15) is 0 Å². The largest absolute Gasteiger partial charge is 0.348 e. The van der Waals surface area contributed by atoms with E-state index >= 15 is 0 Å². The standard InChI is InChI=1S/C12H10ClFN2O/c13-11(14)12(17)16-7-9-4-1-3-8-5-2-6-15-10(8)9/h1-6,11H,7H2,(H,16,17). The Bertz CT molecular complexity index is 540. The predicted octanol–water partition coefficient (Wildman–Crippen LogP) is 2.39.